The maximum absolute atomic E-state index is 13.7. The number of non-ortho nitro benzene ring substituents is 1. The Morgan fingerprint density at radius 3 is 2.14 bits per heavy atom. The molecule has 29 heavy (non-hydrogen) atoms. The van der Waals surface area contributed by atoms with Crippen molar-refractivity contribution in [2.24, 2.45) is 0 Å². The number of nitrogens with zero attached hydrogens (tertiary/aromatic N) is 1. The number of amides is 2. The normalized spacial score (nSPS) is 10.1. The van der Waals surface area contributed by atoms with Gasteiger partial charge < -0.3 is 4.74 Å². The summed E-state index contributed by atoms with van der Waals surface area (Å²) in [7, 11) is 0. The molecule has 0 saturated heterocycles. The smallest absolute Gasteiger partial charge is 0.273 e. The van der Waals surface area contributed by atoms with Crippen LogP contribution >= 0.6 is 0 Å². The number of carbonyl (C=O) groups excluding carboxylic acids is 2. The Balaban J connectivity index is 1.82. The van der Waals surface area contributed by atoms with Crippen molar-refractivity contribution in [2.45, 2.75) is 0 Å². The molecule has 2 N–H and O–H groups in total. The molecular formula is C20H14FN3O5. The van der Waals surface area contributed by atoms with Crippen LogP contribution in [-0.4, -0.2) is 16.7 Å². The lowest BCUT2D eigenvalue weighted by Crippen LogP contribution is -2.42. The summed E-state index contributed by atoms with van der Waals surface area (Å²) in [4.78, 5) is 35.0. The molecule has 2 amide bonds. The van der Waals surface area contributed by atoms with Crippen molar-refractivity contribution in [3.05, 3.63) is 99.9 Å². The standard InChI is InChI=1S/C20H14FN3O5/c21-17-9-5-4-8-15(17)19(25)22-23-20(26)16-12-13(24(27)28)10-11-18(16)29-14-6-2-1-3-7-14/h1-12H,(H,22,25)(H,23,26). The Hall–Kier alpha value is -4.27. The number of ether oxygens (including phenoxy) is 1. The van der Waals surface area contributed by atoms with Gasteiger partial charge in [-0.3, -0.25) is 30.6 Å². The first-order chi connectivity index (χ1) is 14.0. The largest absolute Gasteiger partial charge is 0.457 e. The first kappa shape index (κ1) is 19.5. The lowest BCUT2D eigenvalue weighted by atomic mass is 10.1. The molecule has 0 aliphatic rings. The summed E-state index contributed by atoms with van der Waals surface area (Å²) in [5.74, 6) is -2.07. The third kappa shape index (κ3) is 4.72. The highest BCUT2D eigenvalue weighted by molar-refractivity contribution is 6.01. The van der Waals surface area contributed by atoms with E-state index in [4.69, 9.17) is 4.74 Å². The fourth-order valence-electron chi connectivity index (χ4n) is 2.41. The molecule has 3 aromatic rings. The molecule has 9 heteroatoms. The van der Waals surface area contributed by atoms with Crippen LogP contribution in [0.2, 0.25) is 0 Å². The fraction of sp³-hybridized carbons (Fsp3) is 0. The first-order valence-electron chi connectivity index (χ1n) is 8.32. The quantitative estimate of drug-likeness (QED) is 0.507. The monoisotopic (exact) mass is 395 g/mol. The van der Waals surface area contributed by atoms with Crippen LogP contribution in [0.25, 0.3) is 0 Å². The van der Waals surface area contributed by atoms with Crippen LogP contribution in [-0.2, 0) is 0 Å². The number of hydrogen-bond acceptors (Lipinski definition) is 5. The minimum absolute atomic E-state index is 0.0411. The number of para-hydroxylation sites is 1. The van der Waals surface area contributed by atoms with E-state index in [1.165, 1.54) is 30.3 Å². The van der Waals surface area contributed by atoms with Crippen LogP contribution < -0.4 is 15.6 Å². The topological polar surface area (TPSA) is 111 Å². The summed E-state index contributed by atoms with van der Waals surface area (Å²) in [6, 6.07) is 17.2. The lowest BCUT2D eigenvalue weighted by Gasteiger charge is -2.12. The Morgan fingerprint density at radius 1 is 0.862 bits per heavy atom. The minimum Gasteiger partial charge on any atom is -0.457 e. The average Bonchev–Trinajstić information content (AvgIpc) is 2.73. The van der Waals surface area contributed by atoms with Crippen molar-refractivity contribution in [3.63, 3.8) is 0 Å². The van der Waals surface area contributed by atoms with Gasteiger partial charge in [-0.15, -0.1) is 0 Å². The molecule has 0 aliphatic heterocycles. The summed E-state index contributed by atoms with van der Waals surface area (Å²) in [6.07, 6.45) is 0. The molecule has 0 spiro atoms. The number of halogens is 1. The van der Waals surface area contributed by atoms with E-state index >= 15 is 0 Å². The molecule has 0 bridgehead atoms. The summed E-state index contributed by atoms with van der Waals surface area (Å²) in [6.45, 7) is 0. The van der Waals surface area contributed by atoms with Crippen LogP contribution in [0, 0.1) is 15.9 Å². The van der Waals surface area contributed by atoms with Gasteiger partial charge in [0.15, 0.2) is 0 Å². The van der Waals surface area contributed by atoms with Crippen molar-refractivity contribution in [2.75, 3.05) is 0 Å². The number of nitrogens with one attached hydrogen (secondary N) is 2. The van der Waals surface area contributed by atoms with Crippen molar-refractivity contribution in [1.82, 2.24) is 10.9 Å². The molecule has 146 valence electrons. The van der Waals surface area contributed by atoms with Crippen molar-refractivity contribution >= 4 is 17.5 Å². The highest BCUT2D eigenvalue weighted by Gasteiger charge is 2.20. The zero-order valence-electron chi connectivity index (χ0n) is 14.8. The maximum Gasteiger partial charge on any atom is 0.273 e. The fourth-order valence-corrected chi connectivity index (χ4v) is 2.41. The van der Waals surface area contributed by atoms with Crippen LogP contribution in [0.3, 0.4) is 0 Å². The van der Waals surface area contributed by atoms with E-state index in [-0.39, 0.29) is 22.6 Å². The zero-order chi connectivity index (χ0) is 20.8. The third-order valence-corrected chi connectivity index (χ3v) is 3.80. The highest BCUT2D eigenvalue weighted by atomic mass is 19.1. The van der Waals surface area contributed by atoms with Gasteiger partial charge in [0.2, 0.25) is 0 Å². The molecule has 0 unspecified atom stereocenters. The zero-order valence-corrected chi connectivity index (χ0v) is 14.8. The van der Waals surface area contributed by atoms with Crippen molar-refractivity contribution in [1.29, 1.82) is 0 Å². The second kappa shape index (κ2) is 8.61. The first-order valence-corrected chi connectivity index (χ1v) is 8.32. The molecule has 0 atom stereocenters. The molecule has 0 radical (unpaired) electrons. The number of hydrazine groups is 1. The van der Waals surface area contributed by atoms with E-state index in [1.54, 1.807) is 30.3 Å². The molecule has 0 fully saturated rings. The van der Waals surface area contributed by atoms with E-state index in [0.717, 1.165) is 12.1 Å². The molecule has 3 aromatic carbocycles. The van der Waals surface area contributed by atoms with Crippen molar-refractivity contribution < 1.29 is 23.6 Å². The number of carbonyl (C=O) groups is 2. The third-order valence-electron chi connectivity index (χ3n) is 3.80. The van der Waals surface area contributed by atoms with Crippen molar-refractivity contribution in [3.8, 4) is 11.5 Å². The molecule has 3 rings (SSSR count). The summed E-state index contributed by atoms with van der Waals surface area (Å²) >= 11 is 0. The SMILES string of the molecule is O=C(NNC(=O)c1cc([N+](=O)[O-])ccc1Oc1ccccc1)c1ccccc1F. The van der Waals surface area contributed by atoms with Gasteiger partial charge in [0.05, 0.1) is 16.1 Å². The molecule has 0 aromatic heterocycles. The van der Waals surface area contributed by atoms with Gasteiger partial charge in [-0.1, -0.05) is 30.3 Å². The Bertz CT molecular complexity index is 1070. The predicted octanol–water partition coefficient (Wildman–Crippen LogP) is 3.60. The van der Waals surface area contributed by atoms with E-state index in [9.17, 15) is 24.1 Å². The second-order valence-corrected chi connectivity index (χ2v) is 5.74. The van der Waals surface area contributed by atoms with Crippen LogP contribution in [0.5, 0.6) is 11.5 Å². The average molecular weight is 395 g/mol. The van der Waals surface area contributed by atoms with Crippen LogP contribution in [0.4, 0.5) is 10.1 Å². The van der Waals surface area contributed by atoms with Gasteiger partial charge in [0.25, 0.3) is 17.5 Å². The minimum atomic E-state index is -0.882. The van der Waals surface area contributed by atoms with Crippen LogP contribution in [0.15, 0.2) is 72.8 Å². The molecular weight excluding hydrogens is 381 g/mol. The van der Waals surface area contributed by atoms with Gasteiger partial charge in [-0.05, 0) is 30.3 Å². The lowest BCUT2D eigenvalue weighted by molar-refractivity contribution is -0.384. The number of rotatable bonds is 5. The van der Waals surface area contributed by atoms with Gasteiger partial charge in [-0.2, -0.15) is 0 Å². The van der Waals surface area contributed by atoms with Gasteiger partial charge in [-0.25, -0.2) is 4.39 Å². The number of nitro benzene ring substituents is 1. The molecule has 0 saturated carbocycles. The molecule has 8 nitrogen and oxygen atoms in total. The predicted molar refractivity (Wildman–Crippen MR) is 101 cm³/mol. The van der Waals surface area contributed by atoms with E-state index in [0.29, 0.717) is 5.75 Å². The maximum atomic E-state index is 13.7. The van der Waals surface area contributed by atoms with Gasteiger partial charge in [0.1, 0.15) is 17.3 Å². The van der Waals surface area contributed by atoms with Gasteiger partial charge >= 0.3 is 0 Å². The molecule has 0 heterocycles. The summed E-state index contributed by atoms with van der Waals surface area (Å²) in [5, 5.41) is 11.1. The molecule has 0 aliphatic carbocycles. The van der Waals surface area contributed by atoms with Gasteiger partial charge in [0, 0.05) is 12.1 Å². The van der Waals surface area contributed by atoms with E-state index in [1.807, 2.05) is 0 Å². The Labute approximate surface area is 164 Å². The second-order valence-electron chi connectivity index (χ2n) is 5.74. The summed E-state index contributed by atoms with van der Waals surface area (Å²) < 4.78 is 19.3. The number of benzene rings is 3. The van der Waals surface area contributed by atoms with Crippen LogP contribution in [0.1, 0.15) is 20.7 Å². The number of hydrogen-bond donors (Lipinski definition) is 2. The number of nitro groups is 1. The van der Waals surface area contributed by atoms with E-state index in [2.05, 4.69) is 10.9 Å². The highest BCUT2D eigenvalue weighted by Crippen LogP contribution is 2.28. The summed E-state index contributed by atoms with van der Waals surface area (Å²) in [5.41, 5.74) is 3.39. The Morgan fingerprint density at radius 2 is 1.48 bits per heavy atom. The van der Waals surface area contributed by atoms with E-state index < -0.39 is 22.6 Å². The Kier molecular flexibility index (Phi) is 5.79.